The lowest BCUT2D eigenvalue weighted by Gasteiger charge is -2.13. The Balaban J connectivity index is 1.93. The molecule has 0 radical (unpaired) electrons. The van der Waals surface area contributed by atoms with Crippen LogP contribution in [0.4, 0.5) is 0 Å². The molecule has 1 aromatic carbocycles. The summed E-state index contributed by atoms with van der Waals surface area (Å²) in [7, 11) is 4.27. The van der Waals surface area contributed by atoms with Gasteiger partial charge in [-0.15, -0.1) is 0 Å². The third-order valence-electron chi connectivity index (χ3n) is 5.78. The number of hydrogen-bond acceptors (Lipinski definition) is 2. The van der Waals surface area contributed by atoms with Crippen molar-refractivity contribution in [3.8, 4) is 5.75 Å². The average molecular weight is 404 g/mol. The van der Waals surface area contributed by atoms with Gasteiger partial charge in [-0.05, 0) is 51.5 Å². The van der Waals surface area contributed by atoms with E-state index in [-0.39, 0.29) is 0 Å². The Labute approximate surface area is 182 Å². The Morgan fingerprint density at radius 1 is 0.655 bits per heavy atom. The van der Waals surface area contributed by atoms with Crippen molar-refractivity contribution in [3.63, 3.8) is 0 Å². The molecule has 0 aromatic heterocycles. The van der Waals surface area contributed by atoms with Crippen LogP contribution in [0.3, 0.4) is 0 Å². The van der Waals surface area contributed by atoms with Gasteiger partial charge in [-0.25, -0.2) is 0 Å². The predicted molar refractivity (Wildman–Crippen MR) is 129 cm³/mol. The highest BCUT2D eigenvalue weighted by atomic mass is 16.5. The van der Waals surface area contributed by atoms with Crippen LogP contribution in [-0.2, 0) is 6.42 Å². The summed E-state index contributed by atoms with van der Waals surface area (Å²) < 4.78 is 6.09. The molecule has 0 aliphatic rings. The Morgan fingerprint density at radius 2 is 1.17 bits per heavy atom. The lowest BCUT2D eigenvalue weighted by molar-refractivity contribution is 0.300. The molecule has 0 heterocycles. The van der Waals surface area contributed by atoms with Crippen molar-refractivity contribution >= 4 is 0 Å². The van der Waals surface area contributed by atoms with Crippen LogP contribution in [-0.4, -0.2) is 32.1 Å². The van der Waals surface area contributed by atoms with E-state index in [0.29, 0.717) is 0 Å². The zero-order valence-corrected chi connectivity index (χ0v) is 19.9. The molecule has 0 spiro atoms. The molecule has 0 amide bonds. The third-order valence-corrected chi connectivity index (χ3v) is 5.78. The molecule has 2 heteroatoms. The van der Waals surface area contributed by atoms with Crippen molar-refractivity contribution in [3.05, 3.63) is 29.8 Å². The summed E-state index contributed by atoms with van der Waals surface area (Å²) in [5.41, 5.74) is 1.36. The normalized spacial score (nSPS) is 11.3. The summed E-state index contributed by atoms with van der Waals surface area (Å²) in [5.74, 6) is 1.10. The minimum Gasteiger partial charge on any atom is -0.493 e. The minimum absolute atomic E-state index is 0.864. The molecule has 168 valence electrons. The molecule has 2 nitrogen and oxygen atoms in total. The van der Waals surface area contributed by atoms with Gasteiger partial charge in [-0.1, -0.05) is 109 Å². The van der Waals surface area contributed by atoms with Crippen molar-refractivity contribution < 1.29 is 4.74 Å². The van der Waals surface area contributed by atoms with Gasteiger partial charge in [0.05, 0.1) is 6.61 Å². The summed E-state index contributed by atoms with van der Waals surface area (Å²) >= 11 is 0. The molecular formula is C27H49NO. The van der Waals surface area contributed by atoms with Gasteiger partial charge in [0.2, 0.25) is 0 Å². The van der Waals surface area contributed by atoms with Crippen molar-refractivity contribution in [1.29, 1.82) is 0 Å². The molecule has 0 atom stereocenters. The number of rotatable bonds is 20. The van der Waals surface area contributed by atoms with Crippen LogP contribution in [0.2, 0.25) is 0 Å². The van der Waals surface area contributed by atoms with E-state index < -0.39 is 0 Å². The van der Waals surface area contributed by atoms with E-state index in [1.807, 2.05) is 0 Å². The van der Waals surface area contributed by atoms with Crippen molar-refractivity contribution in [2.45, 2.75) is 110 Å². The first-order chi connectivity index (χ1) is 14.2. The Bertz CT molecular complexity index is 471. The number of aryl methyl sites for hydroxylation is 1. The lowest BCUT2D eigenvalue weighted by atomic mass is 10.0. The maximum Gasteiger partial charge on any atom is 0.122 e. The second-order valence-electron chi connectivity index (χ2n) is 8.96. The second-order valence-corrected chi connectivity index (χ2v) is 8.96. The van der Waals surface area contributed by atoms with Crippen LogP contribution in [0.15, 0.2) is 24.3 Å². The first-order valence-corrected chi connectivity index (χ1v) is 12.6. The van der Waals surface area contributed by atoms with Crippen LogP contribution in [0.25, 0.3) is 0 Å². The maximum absolute atomic E-state index is 6.09. The van der Waals surface area contributed by atoms with E-state index in [4.69, 9.17) is 4.74 Å². The van der Waals surface area contributed by atoms with Crippen LogP contribution < -0.4 is 4.74 Å². The summed E-state index contributed by atoms with van der Waals surface area (Å²) in [5, 5.41) is 0. The molecular weight excluding hydrogens is 354 g/mol. The fraction of sp³-hybridized carbons (Fsp3) is 0.778. The third kappa shape index (κ3) is 15.5. The zero-order valence-electron chi connectivity index (χ0n) is 19.9. The quantitative estimate of drug-likeness (QED) is 0.204. The van der Waals surface area contributed by atoms with Gasteiger partial charge in [-0.3, -0.25) is 0 Å². The molecule has 0 saturated heterocycles. The topological polar surface area (TPSA) is 12.5 Å². The van der Waals surface area contributed by atoms with Gasteiger partial charge in [0.25, 0.3) is 0 Å². The van der Waals surface area contributed by atoms with Crippen LogP contribution in [0.5, 0.6) is 5.75 Å². The molecule has 0 N–H and O–H groups in total. The number of nitrogens with zero attached hydrogens (tertiary/aromatic N) is 1. The highest BCUT2D eigenvalue weighted by Crippen LogP contribution is 2.20. The molecule has 0 fully saturated rings. The lowest BCUT2D eigenvalue weighted by Crippen LogP contribution is -2.13. The molecule has 0 aliphatic carbocycles. The SMILES string of the molecule is CCCCCCCCCCCCCCCCOc1ccccc1CCCN(C)C. The summed E-state index contributed by atoms with van der Waals surface area (Å²) in [6.45, 7) is 4.29. The van der Waals surface area contributed by atoms with E-state index in [1.165, 1.54) is 102 Å². The number of hydrogen-bond donors (Lipinski definition) is 0. The number of ether oxygens (including phenoxy) is 1. The van der Waals surface area contributed by atoms with Crippen molar-refractivity contribution in [2.75, 3.05) is 27.2 Å². The van der Waals surface area contributed by atoms with E-state index in [2.05, 4.69) is 50.2 Å². The van der Waals surface area contributed by atoms with E-state index in [1.54, 1.807) is 0 Å². The van der Waals surface area contributed by atoms with Gasteiger partial charge in [0.15, 0.2) is 0 Å². The van der Waals surface area contributed by atoms with Crippen molar-refractivity contribution in [1.82, 2.24) is 4.90 Å². The van der Waals surface area contributed by atoms with Crippen LogP contribution >= 0.6 is 0 Å². The number of unbranched alkanes of at least 4 members (excludes halogenated alkanes) is 13. The monoisotopic (exact) mass is 403 g/mol. The van der Waals surface area contributed by atoms with Crippen molar-refractivity contribution in [2.24, 2.45) is 0 Å². The smallest absolute Gasteiger partial charge is 0.122 e. The number of benzene rings is 1. The Morgan fingerprint density at radius 3 is 1.72 bits per heavy atom. The van der Waals surface area contributed by atoms with E-state index >= 15 is 0 Å². The summed E-state index contributed by atoms with van der Waals surface area (Å²) in [6.07, 6.45) is 21.9. The average Bonchev–Trinajstić information content (AvgIpc) is 2.71. The van der Waals surface area contributed by atoms with Gasteiger partial charge >= 0.3 is 0 Å². The predicted octanol–water partition coefficient (Wildman–Crippen LogP) is 8.04. The highest BCUT2D eigenvalue weighted by Gasteiger charge is 2.03. The van der Waals surface area contributed by atoms with Crippen LogP contribution in [0, 0.1) is 0 Å². The summed E-state index contributed by atoms with van der Waals surface area (Å²) in [6, 6.07) is 8.57. The molecule has 0 saturated carbocycles. The largest absolute Gasteiger partial charge is 0.493 e. The minimum atomic E-state index is 0.864. The Hall–Kier alpha value is -1.02. The van der Waals surface area contributed by atoms with Gasteiger partial charge in [-0.2, -0.15) is 0 Å². The van der Waals surface area contributed by atoms with E-state index in [9.17, 15) is 0 Å². The summed E-state index contributed by atoms with van der Waals surface area (Å²) in [4.78, 5) is 2.25. The zero-order chi connectivity index (χ0) is 21.0. The van der Waals surface area contributed by atoms with Gasteiger partial charge in [0, 0.05) is 0 Å². The van der Waals surface area contributed by atoms with Gasteiger partial charge < -0.3 is 9.64 Å². The molecule has 29 heavy (non-hydrogen) atoms. The second kappa shape index (κ2) is 19.0. The standard InChI is InChI=1S/C27H49NO/c1-4-5-6-7-8-9-10-11-12-13-14-15-16-19-25-29-27-23-18-17-21-26(27)22-20-24-28(2)3/h17-18,21,23H,4-16,19-20,22,24-25H2,1-3H3. The maximum atomic E-state index is 6.09. The van der Waals surface area contributed by atoms with E-state index in [0.717, 1.165) is 25.3 Å². The molecule has 0 unspecified atom stereocenters. The van der Waals surface area contributed by atoms with Crippen LogP contribution in [0.1, 0.15) is 109 Å². The van der Waals surface area contributed by atoms with Gasteiger partial charge in [0.1, 0.15) is 5.75 Å². The first-order valence-electron chi connectivity index (χ1n) is 12.6. The first kappa shape index (κ1) is 26.0. The molecule has 0 bridgehead atoms. The fourth-order valence-electron chi connectivity index (χ4n) is 3.92. The molecule has 0 aliphatic heterocycles. The Kier molecular flexibility index (Phi) is 17.0. The molecule has 1 aromatic rings. The number of para-hydroxylation sites is 1. The highest BCUT2D eigenvalue weighted by molar-refractivity contribution is 5.33. The fourth-order valence-corrected chi connectivity index (χ4v) is 3.92. The molecule has 1 rings (SSSR count).